The van der Waals surface area contributed by atoms with Gasteiger partial charge >= 0.3 is 11.6 Å². The van der Waals surface area contributed by atoms with Crippen molar-refractivity contribution in [1.29, 1.82) is 0 Å². The van der Waals surface area contributed by atoms with Gasteiger partial charge in [-0.25, -0.2) is 0 Å². The van der Waals surface area contributed by atoms with Gasteiger partial charge in [-0.05, 0) is 6.92 Å². The van der Waals surface area contributed by atoms with Gasteiger partial charge in [-0.1, -0.05) is 0 Å². The second-order valence-electron chi connectivity index (χ2n) is 5.70. The number of nitro benzene ring substituents is 2. The molecule has 2 heterocycles. The number of anilines is 1. The Morgan fingerprint density at radius 2 is 2.04 bits per heavy atom. The second-order valence-corrected chi connectivity index (χ2v) is 5.70. The molecule has 0 N–H and O–H groups in total. The van der Waals surface area contributed by atoms with Crippen LogP contribution in [0.15, 0.2) is 12.1 Å². The molecule has 2 aliphatic rings. The van der Waals surface area contributed by atoms with E-state index < -0.39 is 39.3 Å². The number of benzene rings is 1. The zero-order valence-corrected chi connectivity index (χ0v) is 13.8. The molecule has 0 saturated heterocycles. The van der Waals surface area contributed by atoms with Gasteiger partial charge in [0.2, 0.25) is 0 Å². The van der Waals surface area contributed by atoms with Crippen LogP contribution in [0.1, 0.15) is 24.8 Å². The van der Waals surface area contributed by atoms with Gasteiger partial charge in [0.1, 0.15) is 5.69 Å². The summed E-state index contributed by atoms with van der Waals surface area (Å²) in [4.78, 5) is 39.5. The fraction of sp³-hybridized carbons (Fsp3) is 0.429. The quantitative estimate of drug-likeness (QED) is 0.438. The van der Waals surface area contributed by atoms with Gasteiger partial charge in [-0.15, -0.1) is 0 Å². The molecule has 1 aromatic rings. The van der Waals surface area contributed by atoms with Crippen molar-refractivity contribution in [2.75, 3.05) is 18.6 Å². The highest BCUT2D eigenvalue weighted by Gasteiger charge is 2.50. The molecule has 0 bridgehead atoms. The van der Waals surface area contributed by atoms with E-state index in [1.165, 1.54) is 7.05 Å². The number of nitrogens with zero attached hydrogens (tertiary/aromatic N) is 4. The van der Waals surface area contributed by atoms with Crippen LogP contribution >= 0.6 is 0 Å². The molecule has 12 nitrogen and oxygen atoms in total. The van der Waals surface area contributed by atoms with E-state index in [9.17, 15) is 30.2 Å². The predicted octanol–water partition coefficient (Wildman–Crippen LogP) is 1.21. The third-order valence-corrected chi connectivity index (χ3v) is 4.27. The maximum Gasteiger partial charge on any atom is 0.325 e. The maximum absolute atomic E-state index is 12.6. The lowest BCUT2D eigenvalue weighted by Gasteiger charge is -2.35. The average molecular weight is 366 g/mol. The summed E-state index contributed by atoms with van der Waals surface area (Å²) in [6.07, 6.45) is -0.957. The predicted molar refractivity (Wildman–Crippen MR) is 85.7 cm³/mol. The number of hydrogen-bond donors (Lipinski definition) is 0. The molecular weight excluding hydrogens is 352 g/mol. The molecule has 2 atom stereocenters. The first-order valence-corrected chi connectivity index (χ1v) is 7.63. The molecule has 1 amide bonds. The molecule has 12 heteroatoms. The zero-order valence-electron chi connectivity index (χ0n) is 13.8. The minimum atomic E-state index is -0.978. The van der Waals surface area contributed by atoms with E-state index in [2.05, 4.69) is 0 Å². The molecule has 2 unspecified atom stereocenters. The van der Waals surface area contributed by atoms with Gasteiger partial charge in [0.15, 0.2) is 6.29 Å². The Balaban J connectivity index is 2.27. The molecule has 26 heavy (non-hydrogen) atoms. The number of rotatable bonds is 4. The van der Waals surface area contributed by atoms with Crippen molar-refractivity contribution in [3.8, 4) is 0 Å². The Kier molecular flexibility index (Phi) is 4.20. The Morgan fingerprint density at radius 3 is 2.62 bits per heavy atom. The molecule has 138 valence electrons. The number of non-ortho nitro benzene ring substituents is 1. The van der Waals surface area contributed by atoms with Crippen molar-refractivity contribution in [3.63, 3.8) is 0 Å². The Bertz CT molecular complexity index is 852. The van der Waals surface area contributed by atoms with Gasteiger partial charge in [-0.3, -0.25) is 30.2 Å². The first-order chi connectivity index (χ1) is 12.3. The van der Waals surface area contributed by atoms with Gasteiger partial charge < -0.3 is 14.5 Å². The Hall–Kier alpha value is -3.28. The maximum atomic E-state index is 12.6. The lowest BCUT2D eigenvalue weighted by molar-refractivity contribution is -0.771. The Morgan fingerprint density at radius 1 is 1.35 bits per heavy atom. The number of carbonyl (C=O) groups is 1. The van der Waals surface area contributed by atoms with E-state index in [0.717, 1.165) is 17.0 Å². The summed E-state index contributed by atoms with van der Waals surface area (Å²) in [5.41, 5.74) is -1.33. The molecule has 3 rings (SSSR count). The fourth-order valence-electron chi connectivity index (χ4n) is 3.20. The molecule has 0 spiro atoms. The molecular formula is C14H14N4O8. The first kappa shape index (κ1) is 17.5. The molecule has 0 saturated carbocycles. The number of ether oxygens (including phenoxy) is 1. The largest absolute Gasteiger partial charge is 0.372 e. The number of hydrogen-bond acceptors (Lipinski definition) is 8. The van der Waals surface area contributed by atoms with Gasteiger partial charge in [0.05, 0.1) is 26.7 Å². The highest BCUT2D eigenvalue weighted by Crippen LogP contribution is 2.45. The zero-order chi connectivity index (χ0) is 19.2. The summed E-state index contributed by atoms with van der Waals surface area (Å²) >= 11 is 0. The summed E-state index contributed by atoms with van der Waals surface area (Å²) in [7, 11) is 1.26. The van der Waals surface area contributed by atoms with Crippen molar-refractivity contribution in [3.05, 3.63) is 43.1 Å². The van der Waals surface area contributed by atoms with Crippen molar-refractivity contribution in [2.45, 2.75) is 25.6 Å². The molecule has 1 aromatic carbocycles. The van der Waals surface area contributed by atoms with Crippen LogP contribution in [0.2, 0.25) is 0 Å². The standard InChI is InChI=1S/C14H14N4O8/c1-3-25-11-6-9-8-4-7(16(20)21)5-10(17(22)23)12(8)15(2)14(19)13(9)18(24)26-11/h4-5,9,11H,3,6H2,1-2H3. The van der Waals surface area contributed by atoms with Crippen LogP contribution in [0.3, 0.4) is 0 Å². The molecule has 2 aliphatic heterocycles. The number of carbonyl (C=O) groups excluding carboxylic acids is 1. The van der Waals surface area contributed by atoms with E-state index in [4.69, 9.17) is 9.57 Å². The van der Waals surface area contributed by atoms with E-state index in [1.807, 2.05) is 0 Å². The third kappa shape index (κ3) is 2.60. The summed E-state index contributed by atoms with van der Waals surface area (Å²) in [5.74, 6) is -1.69. The van der Waals surface area contributed by atoms with Crippen LogP contribution < -0.4 is 4.90 Å². The second kappa shape index (κ2) is 6.22. The lowest BCUT2D eigenvalue weighted by atomic mass is 9.84. The number of fused-ring (bicyclic) bond motifs is 3. The van der Waals surface area contributed by atoms with Gasteiger partial charge in [0.25, 0.3) is 11.4 Å². The smallest absolute Gasteiger partial charge is 0.325 e. The number of amides is 1. The molecule has 0 aliphatic carbocycles. The van der Waals surface area contributed by atoms with Crippen molar-refractivity contribution in [2.24, 2.45) is 0 Å². The van der Waals surface area contributed by atoms with Crippen molar-refractivity contribution in [1.82, 2.24) is 0 Å². The average Bonchev–Trinajstić information content (AvgIpc) is 2.58. The van der Waals surface area contributed by atoms with Crippen LogP contribution in [-0.2, 0) is 14.4 Å². The third-order valence-electron chi connectivity index (χ3n) is 4.27. The fourth-order valence-corrected chi connectivity index (χ4v) is 3.20. The minimum absolute atomic E-state index is 0.0207. The molecule has 0 radical (unpaired) electrons. The summed E-state index contributed by atoms with van der Waals surface area (Å²) in [5, 5.41) is 34.8. The van der Waals surface area contributed by atoms with Gasteiger partial charge in [0, 0.05) is 31.7 Å². The van der Waals surface area contributed by atoms with Crippen molar-refractivity contribution >= 4 is 28.7 Å². The Labute approximate surface area is 146 Å². The van der Waals surface area contributed by atoms with Crippen LogP contribution in [0.5, 0.6) is 0 Å². The van der Waals surface area contributed by atoms with Crippen molar-refractivity contribution < 1.29 is 29.1 Å². The van der Waals surface area contributed by atoms with E-state index in [0.29, 0.717) is 0 Å². The highest BCUT2D eigenvalue weighted by molar-refractivity contribution is 6.45. The van der Waals surface area contributed by atoms with E-state index in [1.54, 1.807) is 6.92 Å². The van der Waals surface area contributed by atoms with Crippen LogP contribution in [0, 0.1) is 25.4 Å². The molecule has 0 aromatic heterocycles. The summed E-state index contributed by atoms with van der Waals surface area (Å²) < 4.78 is 5.26. The number of nitro groups is 2. The first-order valence-electron chi connectivity index (χ1n) is 7.63. The lowest BCUT2D eigenvalue weighted by Crippen LogP contribution is -2.50. The van der Waals surface area contributed by atoms with E-state index >= 15 is 0 Å². The summed E-state index contributed by atoms with van der Waals surface area (Å²) in [6, 6.07) is 1.93. The minimum Gasteiger partial charge on any atom is -0.372 e. The monoisotopic (exact) mass is 366 g/mol. The highest BCUT2D eigenvalue weighted by atomic mass is 16.9. The van der Waals surface area contributed by atoms with Crippen LogP contribution in [0.4, 0.5) is 17.1 Å². The van der Waals surface area contributed by atoms with E-state index in [-0.39, 0.29) is 34.9 Å². The topological polar surface area (TPSA) is 151 Å². The van der Waals surface area contributed by atoms with Crippen LogP contribution in [-0.4, -0.2) is 46.3 Å². The summed E-state index contributed by atoms with van der Waals surface area (Å²) in [6.45, 7) is 1.91. The van der Waals surface area contributed by atoms with Gasteiger partial charge in [-0.2, -0.15) is 0 Å². The van der Waals surface area contributed by atoms with Crippen LogP contribution in [0.25, 0.3) is 0 Å². The molecule has 0 fully saturated rings. The SMILES string of the molecule is CCOC1CC2C(=[N+]([O-])O1)C(=O)N(C)c1c2cc([N+](=O)[O-])cc1[N+](=O)[O-]. The normalized spacial score (nSPS) is 21.8.